The van der Waals surface area contributed by atoms with Gasteiger partial charge < -0.3 is 4.90 Å². The molecule has 1 amide bonds. The molecule has 0 N–H and O–H groups in total. The summed E-state index contributed by atoms with van der Waals surface area (Å²) in [5.74, 6) is -0.0655. The van der Waals surface area contributed by atoms with E-state index < -0.39 is 0 Å². The second-order valence-electron chi connectivity index (χ2n) is 3.01. The predicted molar refractivity (Wildman–Crippen MR) is 60.0 cm³/mol. The Balaban J connectivity index is 2.03. The highest BCUT2D eigenvalue weighted by Crippen LogP contribution is 2.08. The van der Waals surface area contributed by atoms with Crippen molar-refractivity contribution in [1.82, 2.24) is 14.9 Å². The fourth-order valence-corrected chi connectivity index (χ4v) is 2.22. The molecule has 78 valence electrons. The molecule has 4 nitrogen and oxygen atoms in total. The van der Waals surface area contributed by atoms with E-state index in [0.717, 1.165) is 5.69 Å². The number of hydrogen-bond donors (Lipinski definition) is 0. The first-order valence-corrected chi connectivity index (χ1v) is 6.16. The summed E-state index contributed by atoms with van der Waals surface area (Å²) in [4.78, 5) is 21.5. The number of carbonyl (C=O) groups is 1. The number of aromatic nitrogens is 2. The minimum absolute atomic E-state index is 0.0655. The SMILES string of the molecule is CN(Cc1cscn1)C(=O)c1cscn1. The van der Waals surface area contributed by atoms with E-state index in [-0.39, 0.29) is 5.91 Å². The number of nitrogens with zero attached hydrogens (tertiary/aromatic N) is 3. The molecule has 0 aromatic carbocycles. The molecular weight excluding hydrogens is 230 g/mol. The van der Waals surface area contributed by atoms with Crippen molar-refractivity contribution in [1.29, 1.82) is 0 Å². The second-order valence-corrected chi connectivity index (χ2v) is 4.45. The Bertz CT molecular complexity index is 424. The van der Waals surface area contributed by atoms with Gasteiger partial charge in [-0.05, 0) is 0 Å². The Kier molecular flexibility index (Phi) is 3.08. The van der Waals surface area contributed by atoms with Gasteiger partial charge in [-0.3, -0.25) is 4.79 Å². The first kappa shape index (κ1) is 10.3. The van der Waals surface area contributed by atoms with Crippen molar-refractivity contribution in [3.8, 4) is 0 Å². The van der Waals surface area contributed by atoms with E-state index in [4.69, 9.17) is 0 Å². The maximum absolute atomic E-state index is 11.8. The molecular formula is C9H9N3OS2. The van der Waals surface area contributed by atoms with Crippen LogP contribution in [0, 0.1) is 0 Å². The summed E-state index contributed by atoms with van der Waals surface area (Å²) >= 11 is 2.95. The van der Waals surface area contributed by atoms with Crippen molar-refractivity contribution >= 4 is 28.6 Å². The van der Waals surface area contributed by atoms with Gasteiger partial charge in [-0.15, -0.1) is 22.7 Å². The number of amides is 1. The van der Waals surface area contributed by atoms with Crippen LogP contribution < -0.4 is 0 Å². The van der Waals surface area contributed by atoms with E-state index in [1.165, 1.54) is 22.7 Å². The lowest BCUT2D eigenvalue weighted by molar-refractivity contribution is 0.0778. The summed E-state index contributed by atoms with van der Waals surface area (Å²) in [5, 5.41) is 3.69. The van der Waals surface area contributed by atoms with Crippen LogP contribution in [0.4, 0.5) is 0 Å². The molecule has 6 heteroatoms. The standard InChI is InChI=1S/C9H9N3OS2/c1-12(2-7-3-14-5-10-7)9(13)8-4-15-6-11-8/h3-6H,2H2,1H3. The Morgan fingerprint density at radius 3 is 2.67 bits per heavy atom. The fraction of sp³-hybridized carbons (Fsp3) is 0.222. The van der Waals surface area contributed by atoms with Crippen LogP contribution in [0.15, 0.2) is 21.8 Å². The van der Waals surface area contributed by atoms with Gasteiger partial charge in [0.05, 0.1) is 23.3 Å². The maximum Gasteiger partial charge on any atom is 0.273 e. The lowest BCUT2D eigenvalue weighted by Crippen LogP contribution is -2.26. The Hall–Kier alpha value is -1.27. The zero-order valence-electron chi connectivity index (χ0n) is 8.08. The van der Waals surface area contributed by atoms with Crippen LogP contribution in [0.5, 0.6) is 0 Å². The molecule has 0 bridgehead atoms. The van der Waals surface area contributed by atoms with Crippen molar-refractivity contribution in [2.24, 2.45) is 0 Å². The monoisotopic (exact) mass is 239 g/mol. The van der Waals surface area contributed by atoms with Gasteiger partial charge >= 0.3 is 0 Å². The highest BCUT2D eigenvalue weighted by atomic mass is 32.1. The number of thiazole rings is 2. The van der Waals surface area contributed by atoms with E-state index in [1.54, 1.807) is 28.3 Å². The van der Waals surface area contributed by atoms with Gasteiger partial charge in [0.1, 0.15) is 5.69 Å². The summed E-state index contributed by atoms with van der Waals surface area (Å²) in [5.41, 5.74) is 4.82. The van der Waals surface area contributed by atoms with Gasteiger partial charge in [0.15, 0.2) is 0 Å². The zero-order chi connectivity index (χ0) is 10.7. The van der Waals surface area contributed by atoms with Gasteiger partial charge in [-0.1, -0.05) is 0 Å². The Morgan fingerprint density at radius 1 is 1.33 bits per heavy atom. The minimum Gasteiger partial charge on any atom is -0.334 e. The molecule has 0 aliphatic carbocycles. The number of carbonyl (C=O) groups excluding carboxylic acids is 1. The van der Waals surface area contributed by atoms with E-state index in [0.29, 0.717) is 12.2 Å². The molecule has 15 heavy (non-hydrogen) atoms. The van der Waals surface area contributed by atoms with Crippen LogP contribution in [0.2, 0.25) is 0 Å². The van der Waals surface area contributed by atoms with E-state index in [1.807, 2.05) is 5.38 Å². The van der Waals surface area contributed by atoms with E-state index in [9.17, 15) is 4.79 Å². The predicted octanol–water partition coefficient (Wildman–Crippen LogP) is 1.87. The Labute approximate surface area is 95.2 Å². The summed E-state index contributed by atoms with van der Waals surface area (Å²) in [6.07, 6.45) is 0. The van der Waals surface area contributed by atoms with Gasteiger partial charge in [-0.2, -0.15) is 0 Å². The zero-order valence-corrected chi connectivity index (χ0v) is 9.72. The van der Waals surface area contributed by atoms with Crippen LogP contribution in [0.25, 0.3) is 0 Å². The first-order chi connectivity index (χ1) is 7.27. The molecule has 0 spiro atoms. The summed E-state index contributed by atoms with van der Waals surface area (Å²) < 4.78 is 0. The highest BCUT2D eigenvalue weighted by Gasteiger charge is 2.14. The average Bonchev–Trinajstić information content (AvgIpc) is 2.88. The topological polar surface area (TPSA) is 46.1 Å². The van der Waals surface area contributed by atoms with Crippen molar-refractivity contribution in [2.75, 3.05) is 7.05 Å². The Morgan fingerprint density at radius 2 is 2.07 bits per heavy atom. The molecule has 2 heterocycles. The third kappa shape index (κ3) is 2.40. The first-order valence-electron chi connectivity index (χ1n) is 4.28. The van der Waals surface area contributed by atoms with Crippen LogP contribution in [0.3, 0.4) is 0 Å². The van der Waals surface area contributed by atoms with Crippen LogP contribution in [-0.4, -0.2) is 27.8 Å². The van der Waals surface area contributed by atoms with Crippen molar-refractivity contribution in [3.63, 3.8) is 0 Å². The molecule has 0 atom stereocenters. The van der Waals surface area contributed by atoms with Crippen molar-refractivity contribution in [3.05, 3.63) is 33.2 Å². The quantitative estimate of drug-likeness (QED) is 0.821. The molecule has 2 aromatic heterocycles. The van der Waals surface area contributed by atoms with Gasteiger partial charge in [-0.25, -0.2) is 9.97 Å². The summed E-state index contributed by atoms with van der Waals surface area (Å²) in [6, 6.07) is 0. The average molecular weight is 239 g/mol. The van der Waals surface area contributed by atoms with Gasteiger partial charge in [0.25, 0.3) is 5.91 Å². The van der Waals surface area contributed by atoms with E-state index >= 15 is 0 Å². The molecule has 0 unspecified atom stereocenters. The largest absolute Gasteiger partial charge is 0.334 e. The molecule has 0 aliphatic rings. The number of hydrogen-bond acceptors (Lipinski definition) is 5. The second kappa shape index (κ2) is 4.50. The molecule has 0 saturated carbocycles. The van der Waals surface area contributed by atoms with Crippen molar-refractivity contribution in [2.45, 2.75) is 6.54 Å². The molecule has 2 rings (SSSR count). The molecule has 0 fully saturated rings. The fourth-order valence-electron chi connectivity index (χ4n) is 1.14. The highest BCUT2D eigenvalue weighted by molar-refractivity contribution is 7.07. The summed E-state index contributed by atoms with van der Waals surface area (Å²) in [6.45, 7) is 0.528. The summed E-state index contributed by atoms with van der Waals surface area (Å²) in [7, 11) is 1.75. The smallest absolute Gasteiger partial charge is 0.273 e. The van der Waals surface area contributed by atoms with Crippen LogP contribution in [0.1, 0.15) is 16.2 Å². The molecule has 0 saturated heterocycles. The van der Waals surface area contributed by atoms with E-state index in [2.05, 4.69) is 9.97 Å². The van der Waals surface area contributed by atoms with Crippen molar-refractivity contribution < 1.29 is 4.79 Å². The minimum atomic E-state index is -0.0655. The molecule has 2 aromatic rings. The number of rotatable bonds is 3. The van der Waals surface area contributed by atoms with Crippen LogP contribution in [-0.2, 0) is 6.54 Å². The normalized spacial score (nSPS) is 10.2. The molecule has 0 aliphatic heterocycles. The third-order valence-corrected chi connectivity index (χ3v) is 3.10. The maximum atomic E-state index is 11.8. The third-order valence-electron chi connectivity index (χ3n) is 1.88. The molecule has 0 radical (unpaired) electrons. The van der Waals surface area contributed by atoms with Crippen LogP contribution >= 0.6 is 22.7 Å². The lowest BCUT2D eigenvalue weighted by atomic mass is 10.4. The van der Waals surface area contributed by atoms with Gasteiger partial charge in [0, 0.05) is 17.8 Å². The van der Waals surface area contributed by atoms with Gasteiger partial charge in [0.2, 0.25) is 0 Å². The lowest BCUT2D eigenvalue weighted by Gasteiger charge is -2.13.